The van der Waals surface area contributed by atoms with E-state index in [9.17, 15) is 0 Å². The van der Waals surface area contributed by atoms with Crippen LogP contribution in [0.15, 0.2) is 89.3 Å². The zero-order valence-corrected chi connectivity index (χ0v) is 14.9. The normalized spacial score (nSPS) is 11.9. The van der Waals surface area contributed by atoms with Gasteiger partial charge in [0.1, 0.15) is 11.2 Å². The second kappa shape index (κ2) is 5.24. The van der Waals surface area contributed by atoms with Crippen LogP contribution in [-0.2, 0) is 0 Å². The maximum atomic E-state index is 6.16. The van der Waals surface area contributed by atoms with Crippen molar-refractivity contribution in [3.63, 3.8) is 0 Å². The maximum absolute atomic E-state index is 6.16. The van der Waals surface area contributed by atoms with E-state index in [-0.39, 0.29) is 0 Å². The van der Waals surface area contributed by atoms with Crippen molar-refractivity contribution in [1.82, 2.24) is 4.57 Å². The van der Waals surface area contributed by atoms with Crippen molar-refractivity contribution < 1.29 is 4.42 Å². The van der Waals surface area contributed by atoms with Gasteiger partial charge in [-0.15, -0.1) is 0 Å². The molecule has 0 aliphatic carbocycles. The van der Waals surface area contributed by atoms with Gasteiger partial charge < -0.3 is 8.98 Å². The highest BCUT2D eigenvalue weighted by Gasteiger charge is 2.17. The van der Waals surface area contributed by atoms with Gasteiger partial charge in [-0.1, -0.05) is 54.1 Å². The molecular formula is C25H17NO. The fraction of sp³-hybridized carbons (Fsp3) is 0.0400. The molecule has 2 aromatic heterocycles. The SMILES string of the molecule is Cc1ccc2oc3cccc(-n4c5ccccc5c5ccccc54)c3c2c1. The summed E-state index contributed by atoms with van der Waals surface area (Å²) in [6, 6.07) is 29.9. The van der Waals surface area contributed by atoms with Crippen LogP contribution < -0.4 is 0 Å². The van der Waals surface area contributed by atoms with Gasteiger partial charge in [-0.05, 0) is 43.3 Å². The van der Waals surface area contributed by atoms with Gasteiger partial charge in [-0.2, -0.15) is 0 Å². The lowest BCUT2D eigenvalue weighted by Gasteiger charge is -2.09. The number of fused-ring (bicyclic) bond motifs is 6. The molecular weight excluding hydrogens is 330 g/mol. The van der Waals surface area contributed by atoms with Crippen molar-refractivity contribution in [2.45, 2.75) is 6.92 Å². The monoisotopic (exact) mass is 347 g/mol. The number of aryl methyl sites for hydroxylation is 1. The molecule has 128 valence electrons. The Kier molecular flexibility index (Phi) is 2.84. The van der Waals surface area contributed by atoms with E-state index < -0.39 is 0 Å². The van der Waals surface area contributed by atoms with Gasteiger partial charge in [-0.25, -0.2) is 0 Å². The summed E-state index contributed by atoms with van der Waals surface area (Å²) in [5.74, 6) is 0. The van der Waals surface area contributed by atoms with E-state index in [1.807, 2.05) is 0 Å². The number of para-hydroxylation sites is 2. The Hall–Kier alpha value is -3.52. The van der Waals surface area contributed by atoms with E-state index in [1.54, 1.807) is 0 Å². The lowest BCUT2D eigenvalue weighted by atomic mass is 10.1. The van der Waals surface area contributed by atoms with Crippen LogP contribution in [0.1, 0.15) is 5.56 Å². The highest BCUT2D eigenvalue weighted by atomic mass is 16.3. The summed E-state index contributed by atoms with van der Waals surface area (Å²) < 4.78 is 8.52. The van der Waals surface area contributed by atoms with Crippen LogP contribution in [0.2, 0.25) is 0 Å². The van der Waals surface area contributed by atoms with E-state index in [0.717, 1.165) is 16.9 Å². The van der Waals surface area contributed by atoms with Crippen molar-refractivity contribution in [3.8, 4) is 5.69 Å². The van der Waals surface area contributed by atoms with Crippen molar-refractivity contribution >= 4 is 43.7 Å². The average molecular weight is 347 g/mol. The van der Waals surface area contributed by atoms with Crippen LogP contribution in [-0.4, -0.2) is 4.57 Å². The van der Waals surface area contributed by atoms with E-state index in [4.69, 9.17) is 4.42 Å². The van der Waals surface area contributed by atoms with Crippen LogP contribution in [0.3, 0.4) is 0 Å². The fourth-order valence-corrected chi connectivity index (χ4v) is 4.29. The number of furan rings is 1. The molecule has 6 rings (SSSR count). The van der Waals surface area contributed by atoms with E-state index in [2.05, 4.69) is 96.4 Å². The number of rotatable bonds is 1. The molecule has 0 radical (unpaired) electrons. The predicted octanol–water partition coefficient (Wildman–Crippen LogP) is 6.99. The van der Waals surface area contributed by atoms with Gasteiger partial charge >= 0.3 is 0 Å². The summed E-state index contributed by atoms with van der Waals surface area (Å²) in [5, 5.41) is 4.88. The first-order chi connectivity index (χ1) is 13.3. The third-order valence-corrected chi connectivity index (χ3v) is 5.45. The van der Waals surface area contributed by atoms with Crippen molar-refractivity contribution in [2.75, 3.05) is 0 Å². The Balaban J connectivity index is 1.86. The molecule has 27 heavy (non-hydrogen) atoms. The van der Waals surface area contributed by atoms with Crippen LogP contribution in [0.5, 0.6) is 0 Å². The van der Waals surface area contributed by atoms with Crippen LogP contribution in [0.25, 0.3) is 49.4 Å². The molecule has 0 bridgehead atoms. The lowest BCUT2D eigenvalue weighted by Crippen LogP contribution is -1.94. The molecule has 0 atom stereocenters. The zero-order valence-electron chi connectivity index (χ0n) is 14.9. The van der Waals surface area contributed by atoms with E-state index >= 15 is 0 Å². The summed E-state index contributed by atoms with van der Waals surface area (Å²) in [7, 11) is 0. The first-order valence-corrected chi connectivity index (χ1v) is 9.22. The van der Waals surface area contributed by atoms with Gasteiger partial charge in [0.2, 0.25) is 0 Å². The summed E-state index contributed by atoms with van der Waals surface area (Å²) in [6.45, 7) is 2.13. The van der Waals surface area contributed by atoms with Crippen LogP contribution >= 0.6 is 0 Å². The molecule has 0 saturated carbocycles. The van der Waals surface area contributed by atoms with E-state index in [0.29, 0.717) is 0 Å². The number of aromatic nitrogens is 1. The first kappa shape index (κ1) is 14.6. The minimum atomic E-state index is 0.926. The molecule has 6 aromatic rings. The molecule has 0 aliphatic heterocycles. The topological polar surface area (TPSA) is 18.1 Å². The second-order valence-electron chi connectivity index (χ2n) is 7.12. The molecule has 0 amide bonds. The quantitative estimate of drug-likeness (QED) is 0.313. The predicted molar refractivity (Wildman–Crippen MR) is 113 cm³/mol. The third kappa shape index (κ3) is 1.95. The van der Waals surface area contributed by atoms with Gasteiger partial charge in [0, 0.05) is 16.2 Å². The molecule has 4 aromatic carbocycles. The highest BCUT2D eigenvalue weighted by Crippen LogP contribution is 2.38. The minimum Gasteiger partial charge on any atom is -0.456 e. The van der Waals surface area contributed by atoms with Gasteiger partial charge in [0.05, 0.1) is 22.1 Å². The second-order valence-corrected chi connectivity index (χ2v) is 7.12. The fourth-order valence-electron chi connectivity index (χ4n) is 4.29. The van der Waals surface area contributed by atoms with E-state index in [1.165, 1.54) is 38.1 Å². The molecule has 2 heterocycles. The van der Waals surface area contributed by atoms with Crippen molar-refractivity contribution in [1.29, 1.82) is 0 Å². The first-order valence-electron chi connectivity index (χ1n) is 9.22. The molecule has 0 N–H and O–H groups in total. The highest BCUT2D eigenvalue weighted by molar-refractivity contribution is 6.14. The molecule has 0 unspecified atom stereocenters. The maximum Gasteiger partial charge on any atom is 0.137 e. The average Bonchev–Trinajstić information content (AvgIpc) is 3.23. The number of nitrogens with zero attached hydrogens (tertiary/aromatic N) is 1. The molecule has 0 spiro atoms. The Morgan fingerprint density at radius 3 is 2.07 bits per heavy atom. The number of hydrogen-bond donors (Lipinski definition) is 0. The lowest BCUT2D eigenvalue weighted by molar-refractivity contribution is 0.669. The standard InChI is InChI=1S/C25H17NO/c1-16-13-14-23-19(15-16)25-22(11-6-12-24(25)27-23)26-20-9-4-2-7-17(20)18-8-3-5-10-21(18)26/h2-15H,1H3. The largest absolute Gasteiger partial charge is 0.456 e. The van der Waals surface area contributed by atoms with Gasteiger partial charge in [-0.3, -0.25) is 0 Å². The zero-order chi connectivity index (χ0) is 18.0. The molecule has 0 fully saturated rings. The van der Waals surface area contributed by atoms with Crippen molar-refractivity contribution in [3.05, 3.63) is 90.5 Å². The summed E-state index contributed by atoms with van der Waals surface area (Å²) in [4.78, 5) is 0. The Morgan fingerprint density at radius 1 is 0.630 bits per heavy atom. The minimum absolute atomic E-state index is 0.926. The van der Waals surface area contributed by atoms with Crippen LogP contribution in [0, 0.1) is 6.92 Å². The summed E-state index contributed by atoms with van der Waals surface area (Å²) in [5.41, 5.74) is 6.69. The molecule has 0 saturated heterocycles. The summed E-state index contributed by atoms with van der Waals surface area (Å²) >= 11 is 0. The molecule has 2 heteroatoms. The number of hydrogen-bond acceptors (Lipinski definition) is 1. The van der Waals surface area contributed by atoms with Crippen molar-refractivity contribution in [2.24, 2.45) is 0 Å². The Bertz CT molecular complexity index is 1430. The number of benzene rings is 4. The molecule has 2 nitrogen and oxygen atoms in total. The van der Waals surface area contributed by atoms with Gasteiger partial charge in [0.15, 0.2) is 0 Å². The third-order valence-electron chi connectivity index (χ3n) is 5.45. The molecule has 0 aliphatic rings. The smallest absolute Gasteiger partial charge is 0.137 e. The Morgan fingerprint density at radius 2 is 1.33 bits per heavy atom. The Labute approximate surface area is 156 Å². The van der Waals surface area contributed by atoms with Crippen LogP contribution in [0.4, 0.5) is 0 Å². The summed E-state index contributed by atoms with van der Waals surface area (Å²) in [6.07, 6.45) is 0. The van der Waals surface area contributed by atoms with Gasteiger partial charge in [0.25, 0.3) is 0 Å².